The maximum absolute atomic E-state index is 12.0. The molecule has 3 aromatic rings. The molecule has 0 saturated heterocycles. The predicted octanol–water partition coefficient (Wildman–Crippen LogP) is 2.74. The molecule has 1 amide bonds. The number of rotatable bonds is 8. The van der Waals surface area contributed by atoms with Crippen LogP contribution < -0.4 is 5.32 Å². The normalized spacial score (nSPS) is 14.1. The van der Waals surface area contributed by atoms with Crippen molar-refractivity contribution in [2.45, 2.75) is 44.4 Å². The van der Waals surface area contributed by atoms with Crippen LogP contribution in [0.4, 0.5) is 0 Å². The number of hydrogen-bond acceptors (Lipinski definition) is 5. The zero-order valence-corrected chi connectivity index (χ0v) is 14.8. The molecule has 0 spiro atoms. The molecular formula is C18H21N5OS. The summed E-state index contributed by atoms with van der Waals surface area (Å²) in [6, 6.07) is 10.3. The molecular weight excluding hydrogens is 334 g/mol. The van der Waals surface area contributed by atoms with Crippen molar-refractivity contribution < 1.29 is 4.79 Å². The second kappa shape index (κ2) is 7.31. The summed E-state index contributed by atoms with van der Waals surface area (Å²) in [4.78, 5) is 12.8. The number of aromatic nitrogens is 4. The van der Waals surface area contributed by atoms with Crippen molar-refractivity contribution in [1.82, 2.24) is 25.1 Å². The Labute approximate surface area is 150 Å². The minimum atomic E-state index is 0.0847. The molecule has 7 heteroatoms. The molecule has 1 fully saturated rings. The van der Waals surface area contributed by atoms with E-state index in [1.165, 1.54) is 29.7 Å². The molecule has 1 saturated carbocycles. The van der Waals surface area contributed by atoms with Gasteiger partial charge in [-0.2, -0.15) is 9.61 Å². The lowest BCUT2D eigenvalue weighted by molar-refractivity contribution is -0.121. The van der Waals surface area contributed by atoms with Crippen molar-refractivity contribution in [3.63, 3.8) is 0 Å². The van der Waals surface area contributed by atoms with Crippen LogP contribution in [0.15, 0.2) is 30.3 Å². The summed E-state index contributed by atoms with van der Waals surface area (Å²) in [5.74, 6) is 1.59. The van der Waals surface area contributed by atoms with E-state index in [1.807, 2.05) is 22.7 Å². The third-order valence-corrected chi connectivity index (χ3v) is 5.33. The first-order valence-corrected chi connectivity index (χ1v) is 9.63. The Morgan fingerprint density at radius 1 is 1.20 bits per heavy atom. The van der Waals surface area contributed by atoms with E-state index in [2.05, 4.69) is 32.7 Å². The zero-order valence-electron chi connectivity index (χ0n) is 14.0. The molecule has 1 aliphatic rings. The molecule has 0 atom stereocenters. The van der Waals surface area contributed by atoms with Crippen molar-refractivity contribution in [1.29, 1.82) is 0 Å². The van der Waals surface area contributed by atoms with Crippen LogP contribution in [-0.4, -0.2) is 32.3 Å². The standard InChI is InChI=1S/C18H21N5OS/c24-15(19-12-4-7-13-5-2-1-3-6-13)10-11-16-22-23-17(14-8-9-14)20-21-18(23)25-16/h1-3,5-6,14H,4,7-12H2,(H,19,24). The van der Waals surface area contributed by atoms with Crippen molar-refractivity contribution in [2.24, 2.45) is 0 Å². The topological polar surface area (TPSA) is 72.2 Å². The van der Waals surface area contributed by atoms with E-state index in [9.17, 15) is 4.79 Å². The molecule has 6 nitrogen and oxygen atoms in total. The molecule has 4 rings (SSSR count). The summed E-state index contributed by atoms with van der Waals surface area (Å²) < 4.78 is 1.86. The Hall–Kier alpha value is -2.28. The van der Waals surface area contributed by atoms with Crippen molar-refractivity contribution in [3.8, 4) is 0 Å². The first-order chi connectivity index (χ1) is 12.3. The number of nitrogens with one attached hydrogen (secondary N) is 1. The van der Waals surface area contributed by atoms with Gasteiger partial charge in [0.15, 0.2) is 5.82 Å². The smallest absolute Gasteiger partial charge is 0.234 e. The van der Waals surface area contributed by atoms with E-state index in [0.717, 1.165) is 28.6 Å². The average molecular weight is 355 g/mol. The molecule has 1 N–H and O–H groups in total. The van der Waals surface area contributed by atoms with Crippen LogP contribution >= 0.6 is 11.3 Å². The monoisotopic (exact) mass is 355 g/mol. The van der Waals surface area contributed by atoms with Crippen molar-refractivity contribution >= 4 is 22.2 Å². The van der Waals surface area contributed by atoms with Gasteiger partial charge in [-0.25, -0.2) is 0 Å². The fourth-order valence-corrected chi connectivity index (χ4v) is 3.68. The summed E-state index contributed by atoms with van der Waals surface area (Å²) in [7, 11) is 0. The number of benzene rings is 1. The van der Waals surface area contributed by atoms with Gasteiger partial charge < -0.3 is 5.32 Å². The van der Waals surface area contributed by atoms with Crippen molar-refractivity contribution in [2.75, 3.05) is 6.54 Å². The molecule has 1 aliphatic carbocycles. The van der Waals surface area contributed by atoms with E-state index in [4.69, 9.17) is 0 Å². The quantitative estimate of drug-likeness (QED) is 0.631. The Kier molecular flexibility index (Phi) is 4.74. The van der Waals surface area contributed by atoms with Gasteiger partial charge in [0.25, 0.3) is 0 Å². The Morgan fingerprint density at radius 3 is 2.84 bits per heavy atom. The average Bonchev–Trinajstić information content (AvgIpc) is 3.27. The molecule has 25 heavy (non-hydrogen) atoms. The molecule has 0 unspecified atom stereocenters. The molecule has 0 radical (unpaired) electrons. The predicted molar refractivity (Wildman–Crippen MR) is 96.7 cm³/mol. The number of hydrogen-bond donors (Lipinski definition) is 1. The lowest BCUT2D eigenvalue weighted by Gasteiger charge is -2.04. The maximum atomic E-state index is 12.0. The summed E-state index contributed by atoms with van der Waals surface area (Å²) >= 11 is 1.53. The van der Waals surface area contributed by atoms with E-state index in [-0.39, 0.29) is 5.91 Å². The number of fused-ring (bicyclic) bond motifs is 1. The fraction of sp³-hybridized carbons (Fsp3) is 0.444. The molecule has 130 valence electrons. The van der Waals surface area contributed by atoms with Crippen molar-refractivity contribution in [3.05, 3.63) is 46.7 Å². The Bertz CT molecular complexity index is 853. The fourth-order valence-electron chi connectivity index (χ4n) is 2.84. The highest BCUT2D eigenvalue weighted by molar-refractivity contribution is 7.16. The van der Waals surface area contributed by atoms with Gasteiger partial charge in [-0.1, -0.05) is 41.7 Å². The second-order valence-corrected chi connectivity index (χ2v) is 7.50. The zero-order chi connectivity index (χ0) is 17.1. The highest BCUT2D eigenvalue weighted by Gasteiger charge is 2.30. The van der Waals surface area contributed by atoms with Crippen LogP contribution in [-0.2, 0) is 17.6 Å². The Morgan fingerprint density at radius 2 is 2.04 bits per heavy atom. The van der Waals surface area contributed by atoms with Gasteiger partial charge in [0.2, 0.25) is 10.9 Å². The summed E-state index contributed by atoms with van der Waals surface area (Å²) in [6.07, 6.45) is 5.42. The molecule has 2 heterocycles. The van der Waals surface area contributed by atoms with E-state index in [1.54, 1.807) is 0 Å². The van der Waals surface area contributed by atoms with Gasteiger partial charge in [0.05, 0.1) is 0 Å². The van der Waals surface area contributed by atoms with E-state index < -0.39 is 0 Å². The molecule has 0 aliphatic heterocycles. The van der Waals surface area contributed by atoms with Gasteiger partial charge in [-0.3, -0.25) is 4.79 Å². The highest BCUT2D eigenvalue weighted by atomic mass is 32.1. The van der Waals surface area contributed by atoms with Gasteiger partial charge in [-0.15, -0.1) is 10.2 Å². The lowest BCUT2D eigenvalue weighted by Crippen LogP contribution is -2.25. The van der Waals surface area contributed by atoms with Crippen LogP contribution in [0.3, 0.4) is 0 Å². The lowest BCUT2D eigenvalue weighted by atomic mass is 10.1. The Balaban J connectivity index is 1.21. The highest BCUT2D eigenvalue weighted by Crippen LogP contribution is 2.39. The van der Waals surface area contributed by atoms with Gasteiger partial charge >= 0.3 is 0 Å². The van der Waals surface area contributed by atoms with E-state index in [0.29, 0.717) is 25.3 Å². The first kappa shape index (κ1) is 16.2. The summed E-state index contributed by atoms with van der Waals surface area (Å²) in [5.41, 5.74) is 1.31. The third-order valence-electron chi connectivity index (χ3n) is 4.37. The minimum absolute atomic E-state index is 0.0847. The van der Waals surface area contributed by atoms with Gasteiger partial charge in [0, 0.05) is 25.3 Å². The van der Waals surface area contributed by atoms with Crippen LogP contribution in [0, 0.1) is 0 Å². The molecule has 1 aromatic carbocycles. The van der Waals surface area contributed by atoms with Gasteiger partial charge in [0.1, 0.15) is 5.01 Å². The third kappa shape index (κ3) is 4.04. The number of amides is 1. The second-order valence-electron chi connectivity index (χ2n) is 6.46. The number of nitrogens with zero attached hydrogens (tertiary/aromatic N) is 4. The number of carbonyl (C=O) groups excluding carboxylic acids is 1. The van der Waals surface area contributed by atoms with Crippen LogP contribution in [0.5, 0.6) is 0 Å². The van der Waals surface area contributed by atoms with E-state index >= 15 is 0 Å². The van der Waals surface area contributed by atoms with Gasteiger partial charge in [-0.05, 0) is 31.2 Å². The summed E-state index contributed by atoms with van der Waals surface area (Å²) in [5, 5.41) is 16.9. The minimum Gasteiger partial charge on any atom is -0.356 e. The SMILES string of the molecule is O=C(CCc1nn2c(C3CC3)nnc2s1)NCCCc1ccccc1. The molecule has 2 aromatic heterocycles. The van der Waals surface area contributed by atoms with Crippen LogP contribution in [0.2, 0.25) is 0 Å². The number of carbonyl (C=O) groups is 1. The summed E-state index contributed by atoms with van der Waals surface area (Å²) in [6.45, 7) is 0.713. The first-order valence-electron chi connectivity index (χ1n) is 8.81. The van der Waals surface area contributed by atoms with Crippen LogP contribution in [0.1, 0.15) is 48.0 Å². The maximum Gasteiger partial charge on any atom is 0.234 e. The number of aryl methyl sites for hydroxylation is 2. The molecule has 0 bridgehead atoms. The largest absolute Gasteiger partial charge is 0.356 e. The van der Waals surface area contributed by atoms with Crippen LogP contribution in [0.25, 0.3) is 4.96 Å².